The van der Waals surface area contributed by atoms with E-state index in [0.717, 1.165) is 31.6 Å². The number of hydrogen-bond acceptors (Lipinski definition) is 2. The SMILES string of the molecule is CCN(CC)Cc1ccc([C@H]2CC[C@H](NC)CC2)cc1. The highest BCUT2D eigenvalue weighted by molar-refractivity contribution is 5.26. The summed E-state index contributed by atoms with van der Waals surface area (Å²) in [4.78, 5) is 2.47. The number of hydrogen-bond donors (Lipinski definition) is 1. The van der Waals surface area contributed by atoms with Crippen molar-refractivity contribution in [3.8, 4) is 0 Å². The lowest BCUT2D eigenvalue weighted by Crippen LogP contribution is -2.29. The molecule has 1 saturated carbocycles. The van der Waals surface area contributed by atoms with Crippen LogP contribution in [-0.2, 0) is 6.54 Å². The average Bonchev–Trinajstić information content (AvgIpc) is 2.53. The van der Waals surface area contributed by atoms with Crippen LogP contribution in [0.2, 0.25) is 0 Å². The molecule has 1 aliphatic rings. The van der Waals surface area contributed by atoms with Crippen LogP contribution in [0.3, 0.4) is 0 Å². The van der Waals surface area contributed by atoms with Gasteiger partial charge in [-0.3, -0.25) is 4.90 Å². The van der Waals surface area contributed by atoms with Crippen molar-refractivity contribution >= 4 is 0 Å². The summed E-state index contributed by atoms with van der Waals surface area (Å²) >= 11 is 0. The van der Waals surface area contributed by atoms with Crippen LogP contribution in [0.15, 0.2) is 24.3 Å². The van der Waals surface area contributed by atoms with Gasteiger partial charge in [-0.25, -0.2) is 0 Å². The summed E-state index contributed by atoms with van der Waals surface area (Å²) in [6.07, 6.45) is 5.31. The van der Waals surface area contributed by atoms with Gasteiger partial charge in [0.2, 0.25) is 0 Å². The molecule has 112 valence electrons. The number of benzene rings is 1. The van der Waals surface area contributed by atoms with E-state index in [4.69, 9.17) is 0 Å². The van der Waals surface area contributed by atoms with Crippen LogP contribution in [0, 0.1) is 0 Å². The van der Waals surface area contributed by atoms with Crippen molar-refractivity contribution in [3.05, 3.63) is 35.4 Å². The first-order valence-corrected chi connectivity index (χ1v) is 8.25. The summed E-state index contributed by atoms with van der Waals surface area (Å²) in [5.41, 5.74) is 2.99. The van der Waals surface area contributed by atoms with Crippen LogP contribution in [-0.4, -0.2) is 31.1 Å². The lowest BCUT2D eigenvalue weighted by Gasteiger charge is -2.28. The predicted octanol–water partition coefficient (Wildman–Crippen LogP) is 3.77. The molecule has 0 atom stereocenters. The summed E-state index contributed by atoms with van der Waals surface area (Å²) in [6, 6.07) is 10.1. The van der Waals surface area contributed by atoms with E-state index in [1.807, 2.05) is 0 Å². The molecule has 0 unspecified atom stereocenters. The normalized spacial score (nSPS) is 23.2. The van der Waals surface area contributed by atoms with Gasteiger partial charge in [-0.2, -0.15) is 0 Å². The highest BCUT2D eigenvalue weighted by atomic mass is 15.1. The van der Waals surface area contributed by atoms with Gasteiger partial charge in [0, 0.05) is 12.6 Å². The first kappa shape index (κ1) is 15.5. The second-order valence-electron chi connectivity index (χ2n) is 6.04. The molecule has 1 N–H and O–H groups in total. The minimum Gasteiger partial charge on any atom is -0.317 e. The quantitative estimate of drug-likeness (QED) is 0.849. The van der Waals surface area contributed by atoms with Crippen molar-refractivity contribution in [1.29, 1.82) is 0 Å². The maximum absolute atomic E-state index is 3.41. The lowest BCUT2D eigenvalue weighted by molar-refractivity contribution is 0.296. The topological polar surface area (TPSA) is 15.3 Å². The highest BCUT2D eigenvalue weighted by Gasteiger charge is 2.21. The molecule has 0 spiro atoms. The van der Waals surface area contributed by atoms with E-state index >= 15 is 0 Å². The van der Waals surface area contributed by atoms with Crippen LogP contribution in [0.1, 0.15) is 56.6 Å². The van der Waals surface area contributed by atoms with Gasteiger partial charge < -0.3 is 5.32 Å². The van der Waals surface area contributed by atoms with Crippen LogP contribution in [0.4, 0.5) is 0 Å². The minimum absolute atomic E-state index is 0.744. The molecule has 2 rings (SSSR count). The van der Waals surface area contributed by atoms with Crippen molar-refractivity contribution in [2.75, 3.05) is 20.1 Å². The molecule has 1 aromatic rings. The molecule has 1 fully saturated rings. The number of nitrogens with one attached hydrogen (secondary N) is 1. The number of rotatable bonds is 6. The molecule has 1 aliphatic carbocycles. The summed E-state index contributed by atoms with van der Waals surface area (Å²) < 4.78 is 0. The fourth-order valence-corrected chi connectivity index (χ4v) is 3.32. The molecule has 1 aromatic carbocycles. The zero-order valence-electron chi connectivity index (χ0n) is 13.4. The second-order valence-corrected chi connectivity index (χ2v) is 6.04. The Morgan fingerprint density at radius 1 is 1.00 bits per heavy atom. The summed E-state index contributed by atoms with van der Waals surface area (Å²) in [7, 11) is 2.09. The first-order valence-electron chi connectivity index (χ1n) is 8.25. The Hall–Kier alpha value is -0.860. The molecule has 0 heterocycles. The van der Waals surface area contributed by atoms with Gasteiger partial charge in [-0.1, -0.05) is 38.1 Å². The molecule has 20 heavy (non-hydrogen) atoms. The maximum atomic E-state index is 3.41. The standard InChI is InChI=1S/C18H30N2/c1-4-20(5-2)14-15-6-8-16(9-7-15)17-10-12-18(19-3)13-11-17/h6-9,17-19H,4-5,10-14H2,1-3H3/t17-,18-. The molecule has 0 bridgehead atoms. The smallest absolute Gasteiger partial charge is 0.0233 e. The van der Waals surface area contributed by atoms with Gasteiger partial charge in [0.15, 0.2) is 0 Å². The van der Waals surface area contributed by atoms with E-state index in [-0.39, 0.29) is 0 Å². The summed E-state index contributed by atoms with van der Waals surface area (Å²) in [6.45, 7) is 7.81. The van der Waals surface area contributed by atoms with Gasteiger partial charge in [-0.15, -0.1) is 0 Å². The Labute approximate surface area is 124 Å². The van der Waals surface area contributed by atoms with Crippen LogP contribution in [0.5, 0.6) is 0 Å². The lowest BCUT2D eigenvalue weighted by atomic mass is 9.81. The van der Waals surface area contributed by atoms with Gasteiger partial charge in [0.1, 0.15) is 0 Å². The van der Waals surface area contributed by atoms with E-state index < -0.39 is 0 Å². The minimum atomic E-state index is 0.744. The molecule has 2 heteroatoms. The van der Waals surface area contributed by atoms with Crippen LogP contribution in [0.25, 0.3) is 0 Å². The Morgan fingerprint density at radius 3 is 2.10 bits per heavy atom. The van der Waals surface area contributed by atoms with Crippen molar-refractivity contribution in [3.63, 3.8) is 0 Å². The Morgan fingerprint density at radius 2 is 1.60 bits per heavy atom. The number of nitrogens with zero attached hydrogens (tertiary/aromatic N) is 1. The van der Waals surface area contributed by atoms with Gasteiger partial charge in [0.25, 0.3) is 0 Å². The molecule has 2 nitrogen and oxygen atoms in total. The third-order valence-electron chi connectivity index (χ3n) is 4.89. The van der Waals surface area contributed by atoms with E-state index in [1.165, 1.54) is 31.2 Å². The van der Waals surface area contributed by atoms with Gasteiger partial charge >= 0.3 is 0 Å². The van der Waals surface area contributed by atoms with E-state index in [9.17, 15) is 0 Å². The van der Waals surface area contributed by atoms with Gasteiger partial charge in [0.05, 0.1) is 0 Å². The van der Waals surface area contributed by atoms with Crippen molar-refractivity contribution < 1.29 is 0 Å². The van der Waals surface area contributed by atoms with Crippen molar-refractivity contribution in [1.82, 2.24) is 10.2 Å². The van der Waals surface area contributed by atoms with Crippen LogP contribution >= 0.6 is 0 Å². The summed E-state index contributed by atoms with van der Waals surface area (Å²) in [5.74, 6) is 0.780. The maximum Gasteiger partial charge on any atom is 0.0233 e. The fourth-order valence-electron chi connectivity index (χ4n) is 3.32. The summed E-state index contributed by atoms with van der Waals surface area (Å²) in [5, 5.41) is 3.41. The van der Waals surface area contributed by atoms with Crippen molar-refractivity contribution in [2.24, 2.45) is 0 Å². The molecular formula is C18H30N2. The zero-order chi connectivity index (χ0) is 14.4. The van der Waals surface area contributed by atoms with Crippen LogP contribution < -0.4 is 5.32 Å². The molecule has 0 amide bonds. The Bertz CT molecular complexity index is 373. The Balaban J connectivity index is 1.91. The first-order chi connectivity index (χ1) is 9.76. The highest BCUT2D eigenvalue weighted by Crippen LogP contribution is 2.32. The largest absolute Gasteiger partial charge is 0.317 e. The second kappa shape index (κ2) is 7.80. The Kier molecular flexibility index (Phi) is 6.06. The van der Waals surface area contributed by atoms with E-state index in [0.29, 0.717) is 0 Å². The fraction of sp³-hybridized carbons (Fsp3) is 0.667. The molecule has 0 aromatic heterocycles. The molecule has 0 saturated heterocycles. The third-order valence-corrected chi connectivity index (χ3v) is 4.89. The molecular weight excluding hydrogens is 244 g/mol. The average molecular weight is 274 g/mol. The van der Waals surface area contributed by atoms with E-state index in [1.54, 1.807) is 5.56 Å². The van der Waals surface area contributed by atoms with Gasteiger partial charge in [-0.05, 0) is 62.9 Å². The third kappa shape index (κ3) is 4.07. The van der Waals surface area contributed by atoms with Crippen molar-refractivity contribution in [2.45, 2.75) is 58.0 Å². The molecule has 0 aliphatic heterocycles. The zero-order valence-corrected chi connectivity index (χ0v) is 13.4. The monoisotopic (exact) mass is 274 g/mol. The molecule has 0 radical (unpaired) electrons. The van der Waals surface area contributed by atoms with E-state index in [2.05, 4.69) is 55.4 Å². The predicted molar refractivity (Wildman–Crippen MR) is 87.1 cm³/mol.